The molecule has 2 saturated carbocycles. The van der Waals surface area contributed by atoms with Crippen LogP contribution in [0.3, 0.4) is 0 Å². The molecule has 0 bridgehead atoms. The van der Waals surface area contributed by atoms with Crippen molar-refractivity contribution in [3.05, 3.63) is 35.5 Å². The Morgan fingerprint density at radius 1 is 1.22 bits per heavy atom. The first-order valence-corrected chi connectivity index (χ1v) is 10.1. The molecule has 4 heteroatoms. The molecule has 0 radical (unpaired) electrons. The molecule has 0 aromatic heterocycles. The number of ether oxygens (including phenoxy) is 1. The van der Waals surface area contributed by atoms with E-state index in [4.69, 9.17) is 4.74 Å². The maximum Gasteiger partial charge on any atom is 0.303 e. The molecule has 0 N–H and O–H groups in total. The Balaban J connectivity index is 1.62. The van der Waals surface area contributed by atoms with Gasteiger partial charge < -0.3 is 4.74 Å². The molecule has 27 heavy (non-hydrogen) atoms. The van der Waals surface area contributed by atoms with Gasteiger partial charge >= 0.3 is 5.97 Å². The number of Topliss-reactive ketones (excluding diaryl/α,β-unsaturated/α-hetero) is 1. The van der Waals surface area contributed by atoms with Gasteiger partial charge in [0, 0.05) is 18.3 Å². The lowest BCUT2D eigenvalue weighted by Crippen LogP contribution is -2.45. The van der Waals surface area contributed by atoms with Crippen LogP contribution in [-0.2, 0) is 19.1 Å². The topological polar surface area (TPSA) is 60.4 Å². The molecule has 0 saturated heterocycles. The highest BCUT2D eigenvalue weighted by molar-refractivity contribution is 6.01. The summed E-state index contributed by atoms with van der Waals surface area (Å²) in [6.45, 7) is 5.74. The first-order valence-electron chi connectivity index (χ1n) is 10.1. The molecule has 0 heterocycles. The van der Waals surface area contributed by atoms with Gasteiger partial charge in [-0.3, -0.25) is 14.4 Å². The maximum absolute atomic E-state index is 12.7. The number of carbonyl (C=O) groups is 3. The lowest BCUT2D eigenvalue weighted by Gasteiger charge is -2.52. The van der Waals surface area contributed by atoms with Crippen molar-refractivity contribution in [3.8, 4) is 0 Å². The average Bonchev–Trinajstić information content (AvgIpc) is 2.97. The van der Waals surface area contributed by atoms with Crippen LogP contribution in [-0.4, -0.2) is 24.1 Å². The molecule has 4 aliphatic rings. The van der Waals surface area contributed by atoms with Crippen LogP contribution < -0.4 is 0 Å². The second kappa shape index (κ2) is 6.29. The molecule has 2 fully saturated rings. The van der Waals surface area contributed by atoms with Gasteiger partial charge in [-0.2, -0.15) is 0 Å². The van der Waals surface area contributed by atoms with Crippen LogP contribution in [0.1, 0.15) is 52.9 Å². The van der Waals surface area contributed by atoms with Crippen LogP contribution >= 0.6 is 0 Å². The highest BCUT2D eigenvalue weighted by Crippen LogP contribution is 2.63. The molecule has 4 aliphatic carbocycles. The molecule has 144 valence electrons. The Kier molecular flexibility index (Phi) is 4.28. The number of allylic oxidation sites excluding steroid dienone is 6. The van der Waals surface area contributed by atoms with E-state index in [-0.39, 0.29) is 34.9 Å². The molecule has 0 aliphatic heterocycles. The van der Waals surface area contributed by atoms with Crippen molar-refractivity contribution >= 4 is 17.5 Å². The average molecular weight is 368 g/mol. The molecule has 0 amide bonds. The lowest BCUT2D eigenvalue weighted by atomic mass is 9.52. The molecular weight excluding hydrogens is 340 g/mol. The monoisotopic (exact) mass is 368 g/mol. The third-order valence-electron chi connectivity index (χ3n) is 7.75. The summed E-state index contributed by atoms with van der Waals surface area (Å²) in [5.41, 5.74) is 2.48. The van der Waals surface area contributed by atoms with Crippen molar-refractivity contribution in [2.45, 2.75) is 52.9 Å². The molecule has 0 aromatic rings. The van der Waals surface area contributed by atoms with E-state index in [1.54, 1.807) is 6.08 Å². The number of ketones is 2. The zero-order valence-corrected chi connectivity index (χ0v) is 16.4. The summed E-state index contributed by atoms with van der Waals surface area (Å²) in [4.78, 5) is 35.7. The van der Waals surface area contributed by atoms with E-state index < -0.39 is 5.97 Å². The number of carbonyl (C=O) groups excluding carboxylic acids is 3. The molecule has 5 atom stereocenters. The van der Waals surface area contributed by atoms with Crippen molar-refractivity contribution in [2.75, 3.05) is 6.61 Å². The van der Waals surface area contributed by atoms with Crippen molar-refractivity contribution < 1.29 is 19.1 Å². The zero-order chi connectivity index (χ0) is 19.4. The highest BCUT2D eigenvalue weighted by Gasteiger charge is 2.56. The normalized spacial score (nSPS) is 39.7. The fourth-order valence-electron chi connectivity index (χ4n) is 6.32. The van der Waals surface area contributed by atoms with Crippen molar-refractivity contribution in [2.24, 2.45) is 28.6 Å². The quantitative estimate of drug-likeness (QED) is 0.559. The molecule has 5 unspecified atom stereocenters. The number of fused-ring (bicyclic) bond motifs is 5. The van der Waals surface area contributed by atoms with E-state index in [0.29, 0.717) is 11.8 Å². The minimum absolute atomic E-state index is 0.0344. The number of hydrogen-bond donors (Lipinski definition) is 0. The Morgan fingerprint density at radius 3 is 2.74 bits per heavy atom. The second-order valence-electron chi connectivity index (χ2n) is 9.11. The zero-order valence-electron chi connectivity index (χ0n) is 16.4. The third kappa shape index (κ3) is 2.76. The summed E-state index contributed by atoms with van der Waals surface area (Å²) in [6, 6.07) is 0. The van der Waals surface area contributed by atoms with Crippen LogP contribution in [0.2, 0.25) is 0 Å². The van der Waals surface area contributed by atoms with E-state index in [9.17, 15) is 14.4 Å². The van der Waals surface area contributed by atoms with Crippen LogP contribution in [0, 0.1) is 28.6 Å². The smallest absolute Gasteiger partial charge is 0.303 e. The number of hydrogen-bond acceptors (Lipinski definition) is 4. The largest absolute Gasteiger partial charge is 0.458 e. The fraction of sp³-hybridized carbons (Fsp3) is 0.609. The third-order valence-corrected chi connectivity index (χ3v) is 7.75. The number of rotatable bonds is 3. The maximum atomic E-state index is 12.7. The molecule has 4 nitrogen and oxygen atoms in total. The van der Waals surface area contributed by atoms with Gasteiger partial charge in [0.25, 0.3) is 0 Å². The number of esters is 1. The minimum atomic E-state index is -0.396. The Bertz CT molecular complexity index is 801. The lowest BCUT2D eigenvalue weighted by molar-refractivity contribution is -0.148. The Hall–Kier alpha value is -1.97. The predicted octanol–water partition coefficient (Wildman–Crippen LogP) is 3.96. The summed E-state index contributed by atoms with van der Waals surface area (Å²) in [7, 11) is 0. The summed E-state index contributed by atoms with van der Waals surface area (Å²) in [6.07, 6.45) is 12.8. The summed E-state index contributed by atoms with van der Waals surface area (Å²) in [5, 5.41) is 0. The highest BCUT2D eigenvalue weighted by atomic mass is 16.5. The summed E-state index contributed by atoms with van der Waals surface area (Å²) >= 11 is 0. The SMILES string of the molecule is CC(=O)OCC(=O)C1CCC2C3CCC4=CC(=O)C=CC4(C)C3=CCC12C. The van der Waals surface area contributed by atoms with E-state index in [0.717, 1.165) is 32.1 Å². The minimum Gasteiger partial charge on any atom is -0.458 e. The Labute approximate surface area is 160 Å². The van der Waals surface area contributed by atoms with E-state index in [1.165, 1.54) is 18.1 Å². The van der Waals surface area contributed by atoms with Gasteiger partial charge in [0.1, 0.15) is 6.61 Å². The van der Waals surface area contributed by atoms with Gasteiger partial charge in [0.2, 0.25) is 0 Å². The fourth-order valence-corrected chi connectivity index (χ4v) is 6.32. The Morgan fingerprint density at radius 2 is 2.00 bits per heavy atom. The van der Waals surface area contributed by atoms with Gasteiger partial charge in [-0.25, -0.2) is 0 Å². The van der Waals surface area contributed by atoms with Crippen LogP contribution in [0.25, 0.3) is 0 Å². The van der Waals surface area contributed by atoms with Gasteiger partial charge in [0.05, 0.1) is 0 Å². The van der Waals surface area contributed by atoms with Crippen molar-refractivity contribution in [1.29, 1.82) is 0 Å². The van der Waals surface area contributed by atoms with Crippen LogP contribution in [0.5, 0.6) is 0 Å². The predicted molar refractivity (Wildman–Crippen MR) is 102 cm³/mol. The van der Waals surface area contributed by atoms with Crippen LogP contribution in [0.4, 0.5) is 0 Å². The summed E-state index contributed by atoms with van der Waals surface area (Å²) in [5.74, 6) is 0.681. The van der Waals surface area contributed by atoms with E-state index in [2.05, 4.69) is 26.0 Å². The van der Waals surface area contributed by atoms with E-state index in [1.807, 2.05) is 6.08 Å². The second-order valence-corrected chi connectivity index (χ2v) is 9.11. The molecule has 4 rings (SSSR count). The molecule has 0 spiro atoms. The molecule has 0 aromatic carbocycles. The van der Waals surface area contributed by atoms with Crippen LogP contribution in [0.15, 0.2) is 35.5 Å². The van der Waals surface area contributed by atoms with Gasteiger partial charge in [-0.05, 0) is 68.4 Å². The first kappa shape index (κ1) is 18.4. The van der Waals surface area contributed by atoms with Gasteiger partial charge in [0.15, 0.2) is 11.6 Å². The van der Waals surface area contributed by atoms with Crippen molar-refractivity contribution in [3.63, 3.8) is 0 Å². The standard InChI is InChI=1S/C23H28O4/c1-14(24)27-13-21(26)20-7-6-18-17-5-4-15-12-16(25)8-10-22(15,2)19(17)9-11-23(18,20)3/h8-10,12,17-18,20H,4-7,11,13H2,1-3H3. The summed E-state index contributed by atoms with van der Waals surface area (Å²) < 4.78 is 4.99. The van der Waals surface area contributed by atoms with Gasteiger partial charge in [-0.15, -0.1) is 0 Å². The van der Waals surface area contributed by atoms with E-state index >= 15 is 0 Å². The molecular formula is C23H28O4. The van der Waals surface area contributed by atoms with Crippen molar-refractivity contribution in [1.82, 2.24) is 0 Å². The first-order chi connectivity index (χ1) is 12.8. The van der Waals surface area contributed by atoms with Gasteiger partial charge in [-0.1, -0.05) is 30.2 Å².